The number of amides is 16. The maximum Gasteiger partial charge on any atom is 0.305 e. The minimum absolute atomic E-state index is 0.00859. The third-order valence-corrected chi connectivity index (χ3v) is 25.8. The first-order valence-corrected chi connectivity index (χ1v) is 49.5. The van der Waals surface area contributed by atoms with E-state index in [-0.39, 0.29) is 88.1 Å². The van der Waals surface area contributed by atoms with Crippen LogP contribution in [-0.2, 0) is 114 Å². The summed E-state index contributed by atoms with van der Waals surface area (Å²) in [6.45, 7) is 9.09. The Morgan fingerprint density at radius 2 is 0.844 bits per heavy atom. The lowest BCUT2D eigenvalue weighted by atomic mass is 9.98. The average molecular weight is 2050 g/mol. The number of aromatic amines is 2. The number of aromatic hydroxyl groups is 1. The molecule has 1 aliphatic heterocycles. The molecular formula is C102H134N24O20S. The Morgan fingerprint density at radius 1 is 0.435 bits per heavy atom. The predicted octanol–water partition coefficient (Wildman–Crippen LogP) is -0.273. The van der Waals surface area contributed by atoms with Crippen LogP contribution in [0.1, 0.15) is 115 Å². The smallest absolute Gasteiger partial charge is 0.305 e. The number of fused-ring (bicyclic) bond motifs is 2. The Hall–Kier alpha value is -16.0. The first-order valence-electron chi connectivity index (χ1n) is 48.3. The van der Waals surface area contributed by atoms with E-state index in [4.69, 9.17) is 28.0 Å². The number of hydrogen-bond acceptors (Lipinski definition) is 22. The summed E-state index contributed by atoms with van der Waals surface area (Å²) in [5.74, 6) is -22.2. The molecule has 1 saturated heterocycles. The lowest BCUT2D eigenvalue weighted by Crippen LogP contribution is -2.62. The third kappa shape index (κ3) is 34.9. The number of aromatic nitrogens is 2. The molecule has 0 radical (unpaired) electrons. The van der Waals surface area contributed by atoms with Crippen LogP contribution in [0.15, 0.2) is 170 Å². The van der Waals surface area contributed by atoms with Crippen LogP contribution in [0.4, 0.5) is 0 Å². The van der Waals surface area contributed by atoms with Gasteiger partial charge in [0.05, 0.1) is 25.3 Å². The number of primary amides is 1. The van der Waals surface area contributed by atoms with Crippen LogP contribution < -0.4 is 97.0 Å². The minimum Gasteiger partial charge on any atom is -0.508 e. The highest BCUT2D eigenvalue weighted by Crippen LogP contribution is 2.26. The number of phenolic OH excluding ortho intramolecular Hbond substituents is 1. The van der Waals surface area contributed by atoms with Crippen LogP contribution in [0, 0.1) is 28.6 Å². The van der Waals surface area contributed by atoms with Crippen LogP contribution in [-0.4, -0.2) is 284 Å². The van der Waals surface area contributed by atoms with Gasteiger partial charge < -0.3 is 132 Å². The fraction of sp³-hybridized carbons (Fsp3) is 0.422. The summed E-state index contributed by atoms with van der Waals surface area (Å²) in [5.41, 5.74) is 21.7. The number of aliphatic carboxylic acids is 1. The number of aliphatic hydroxyl groups is 1. The highest BCUT2D eigenvalue weighted by Gasteiger charge is 2.42. The number of carboxylic acid groups (broad SMARTS) is 1. The summed E-state index contributed by atoms with van der Waals surface area (Å²) < 4.78 is 0. The van der Waals surface area contributed by atoms with E-state index in [2.05, 4.69) is 89.7 Å². The van der Waals surface area contributed by atoms with Gasteiger partial charge in [-0.15, -0.1) is 11.8 Å². The van der Waals surface area contributed by atoms with Gasteiger partial charge in [0.2, 0.25) is 94.5 Å². The largest absolute Gasteiger partial charge is 0.508 e. The molecular weight excluding hydrogens is 1910 g/mol. The summed E-state index contributed by atoms with van der Waals surface area (Å²) in [4.78, 5) is 260. The number of nitrogens with zero attached hydrogens (tertiary/aromatic N) is 2. The number of carboxylic acids is 1. The fourth-order valence-electron chi connectivity index (χ4n) is 16.6. The molecule has 28 N–H and O–H groups in total. The van der Waals surface area contributed by atoms with E-state index < -0.39 is 246 Å². The van der Waals surface area contributed by atoms with E-state index in [1.807, 2.05) is 30.3 Å². The SMILES string of the molecule is CC(C)C[C@@H]1NC(=O)[C@H](CCCNC(=N)N)NC(=O)[C@H](Cc2ccccc2)N(C)C(=O)[C@H](C)N(C)C(=O)[C@H](CCCNC(=N)N)NC(=O)[C@H](Cc2ccc(-c3ccccc3)cc2)NC(=O)[C@H](C(C)C)NC(=O)[C@H](Cc2c[nH]c3ccccc23)NC(=O)[C@H](CC(=O)O)NC(=O)[C@H](Cc2ccc(O)cc2)NC(=O)[C@H](Cc2c[nH]c3ccccc23)NC(=O)CSC[C@@H](C(=O)NCC(N)=O)NC(=O)[C@H](CO)NC(=O)[C@H](C(C)C)NC1=O. The molecule has 1 aliphatic rings. The van der Waals surface area contributed by atoms with Crippen LogP contribution in [0.2, 0.25) is 0 Å². The van der Waals surface area contributed by atoms with Crippen LogP contribution >= 0.6 is 11.8 Å². The van der Waals surface area contributed by atoms with Gasteiger partial charge in [-0.1, -0.05) is 175 Å². The number of para-hydroxylation sites is 2. The molecule has 0 bridgehead atoms. The molecule has 3 heterocycles. The number of carbonyl (C=O) groups excluding carboxylic acids is 16. The maximum atomic E-state index is 15.7. The van der Waals surface area contributed by atoms with Gasteiger partial charge >= 0.3 is 5.97 Å². The summed E-state index contributed by atoms with van der Waals surface area (Å²) in [6, 6.07) is 20.7. The Balaban J connectivity index is 1.14. The summed E-state index contributed by atoms with van der Waals surface area (Å²) in [6.07, 6.45) is -0.137. The zero-order valence-corrected chi connectivity index (χ0v) is 84.1. The van der Waals surface area contributed by atoms with Crippen LogP contribution in [0.25, 0.3) is 32.9 Å². The molecule has 16 amide bonds. The van der Waals surface area contributed by atoms with Gasteiger partial charge in [-0.2, -0.15) is 0 Å². The van der Waals surface area contributed by atoms with Crippen molar-refractivity contribution in [3.8, 4) is 16.9 Å². The van der Waals surface area contributed by atoms with E-state index in [0.717, 1.165) is 20.9 Å². The average Bonchev–Trinajstić information content (AvgIpc) is 1.67. The van der Waals surface area contributed by atoms with E-state index >= 15 is 47.9 Å². The molecule has 14 atom stereocenters. The number of nitrogens with one attached hydrogen (secondary N) is 19. The minimum atomic E-state index is -2.10. The molecule has 147 heavy (non-hydrogen) atoms. The molecule has 0 spiro atoms. The number of benzene rings is 6. The number of phenols is 1. The highest BCUT2D eigenvalue weighted by molar-refractivity contribution is 8.00. The Labute approximate surface area is 854 Å². The molecule has 45 heteroatoms. The van der Waals surface area contributed by atoms with E-state index in [1.54, 1.807) is 143 Å². The fourth-order valence-corrected chi connectivity index (χ4v) is 17.4. The molecule has 8 aromatic rings. The van der Waals surface area contributed by atoms with E-state index in [0.29, 0.717) is 55.8 Å². The lowest BCUT2D eigenvalue weighted by molar-refractivity contribution is -0.148. The van der Waals surface area contributed by atoms with Crippen molar-refractivity contribution >= 4 is 146 Å². The van der Waals surface area contributed by atoms with Gasteiger partial charge in [0, 0.05) is 99.2 Å². The number of rotatable bonds is 29. The summed E-state index contributed by atoms with van der Waals surface area (Å²) in [7, 11) is 2.58. The lowest BCUT2D eigenvalue weighted by Gasteiger charge is -2.35. The van der Waals surface area contributed by atoms with Crippen molar-refractivity contribution in [3.05, 3.63) is 198 Å². The maximum absolute atomic E-state index is 15.7. The number of likely N-dealkylation sites (N-methyl/N-ethyl adjacent to an activating group) is 2. The summed E-state index contributed by atoms with van der Waals surface area (Å²) in [5, 5.41) is 88.3. The standard InChI is InChI=1S/C102H134N24O20S/c1-55(2)42-73-93(139)123-86(57(5)6)98(144)121-79(52-127)95(141)122-80(87(133)112-51-82(103)129)53-147-54-83(130)113-76(46-64-49-110-69-28-18-16-26-67(64)69)91(137)117-74(44-61-34-38-66(128)39-35-61)90(136)119-78(48-84(131)132)92(138)118-77(47-65-50-111-70-29-19-17-27-68(65)70)94(140)124-85(56(3)4)97(143)120-75(43-60-32-36-63(37-33-60)62-24-14-11-15-25-62)89(135)115-72(31-21-41-109-102(106)107)100(146)125(8)58(7)99(145)126(9)81(45-59-22-12-10-13-23-59)96(142)114-71(88(134)116-73)30-20-40-108-101(104)105/h10-19,22-29,32-39,49-50,55-58,71-81,85-86,110-111,127-128H,20-21,30-31,40-48,51-54H2,1-9H3,(H2,103,129)(H,112,133)(H,113,130)(H,114,142)(H,115,135)(H,116,134)(H,117,137)(H,118,138)(H,119,136)(H,120,143)(H,121,144)(H,122,141)(H,123,139)(H,124,140)(H,131,132)(H4,104,105,108)(H4,106,107,109)/t58-,71-,72-,73-,74-,75-,76-,77-,78-,79-,80-,81-,85-,86-/m0/s1. The second-order valence-corrected chi connectivity index (χ2v) is 38.3. The van der Waals surface area contributed by atoms with Crippen molar-refractivity contribution in [3.63, 3.8) is 0 Å². The van der Waals surface area contributed by atoms with E-state index in [9.17, 15) is 48.9 Å². The van der Waals surface area contributed by atoms with Crippen LogP contribution in [0.5, 0.6) is 5.75 Å². The molecule has 6 aromatic carbocycles. The molecule has 1 fully saturated rings. The molecule has 44 nitrogen and oxygen atoms in total. The molecule has 9 rings (SSSR count). The number of nitrogens with two attached hydrogens (primary N) is 3. The second kappa shape index (κ2) is 55.8. The Kier molecular flexibility index (Phi) is 43.5. The Bertz CT molecular complexity index is 5970. The number of carbonyl (C=O) groups is 17. The zero-order chi connectivity index (χ0) is 107. The highest BCUT2D eigenvalue weighted by atomic mass is 32.2. The van der Waals surface area contributed by atoms with Crippen molar-refractivity contribution in [1.82, 2.24) is 99.5 Å². The number of aliphatic hydroxyl groups excluding tert-OH is 1. The topological polar surface area (TPSA) is 695 Å². The number of thioether (sulfide) groups is 1. The molecule has 788 valence electrons. The van der Waals surface area contributed by atoms with Gasteiger partial charge in [-0.05, 0) is 120 Å². The third-order valence-electron chi connectivity index (χ3n) is 24.8. The molecule has 0 aliphatic carbocycles. The quantitative estimate of drug-likeness (QED) is 0.0163. The van der Waals surface area contributed by atoms with Crippen LogP contribution in [0.3, 0.4) is 0 Å². The normalized spacial score (nSPS) is 22.2. The van der Waals surface area contributed by atoms with Gasteiger partial charge in [0.1, 0.15) is 90.3 Å². The van der Waals surface area contributed by atoms with E-state index in [1.165, 1.54) is 59.1 Å². The number of hydrogen-bond donors (Lipinski definition) is 25. The first kappa shape index (κ1) is 115. The molecule has 2 aromatic heterocycles. The van der Waals surface area contributed by atoms with Gasteiger partial charge in [0.15, 0.2) is 11.9 Å². The van der Waals surface area contributed by atoms with Gasteiger partial charge in [-0.3, -0.25) is 92.3 Å². The van der Waals surface area contributed by atoms with Crippen molar-refractivity contribution in [2.24, 2.45) is 35.0 Å². The Morgan fingerprint density at radius 3 is 1.35 bits per heavy atom. The number of H-pyrrole nitrogens is 2. The van der Waals surface area contributed by atoms with Gasteiger partial charge in [-0.25, -0.2) is 0 Å². The monoisotopic (exact) mass is 2050 g/mol. The van der Waals surface area contributed by atoms with Crippen molar-refractivity contribution in [1.29, 1.82) is 10.8 Å². The molecule has 0 saturated carbocycles. The predicted molar refractivity (Wildman–Crippen MR) is 550 cm³/mol. The first-order chi connectivity index (χ1) is 69.9. The summed E-state index contributed by atoms with van der Waals surface area (Å²) >= 11 is 0.703. The zero-order valence-electron chi connectivity index (χ0n) is 83.3. The number of guanidine groups is 2. The van der Waals surface area contributed by atoms with Crippen molar-refractivity contribution in [2.75, 3.05) is 51.8 Å². The second-order valence-electron chi connectivity index (χ2n) is 37.3. The molecule has 0 unspecified atom stereocenters. The van der Waals surface area contributed by atoms with Crippen molar-refractivity contribution < 1.29 is 96.8 Å². The van der Waals surface area contributed by atoms with Crippen molar-refractivity contribution in [2.45, 2.75) is 204 Å². The van der Waals surface area contributed by atoms with Gasteiger partial charge in [0.25, 0.3) is 0 Å².